The lowest BCUT2D eigenvalue weighted by Gasteiger charge is -2.16. The van der Waals surface area contributed by atoms with Gasteiger partial charge < -0.3 is 10.1 Å². The predicted octanol–water partition coefficient (Wildman–Crippen LogP) is 4.58. The number of nitrogens with one attached hydrogen (secondary N) is 1. The van der Waals surface area contributed by atoms with E-state index in [4.69, 9.17) is 16.3 Å². The Morgan fingerprint density at radius 1 is 1.42 bits per heavy atom. The summed E-state index contributed by atoms with van der Waals surface area (Å²) < 4.78 is 5.75. The van der Waals surface area contributed by atoms with Crippen molar-refractivity contribution in [1.29, 1.82) is 0 Å². The summed E-state index contributed by atoms with van der Waals surface area (Å²) in [4.78, 5) is 0. The van der Waals surface area contributed by atoms with Crippen LogP contribution in [0.3, 0.4) is 0 Å². The fraction of sp³-hybridized carbons (Fsp3) is 0.625. The van der Waals surface area contributed by atoms with Crippen molar-refractivity contribution in [2.45, 2.75) is 45.6 Å². The number of hydrogen-bond donors (Lipinski definition) is 1. The number of benzene rings is 1. The minimum absolute atomic E-state index is 0.285. The second kappa shape index (κ2) is 7.16. The molecule has 1 saturated carbocycles. The Kier molecular flexibility index (Phi) is 5.53. The predicted molar refractivity (Wildman–Crippen MR) is 81.0 cm³/mol. The second-order valence-electron chi connectivity index (χ2n) is 5.44. The molecule has 0 radical (unpaired) electrons. The molecule has 0 saturated heterocycles. The van der Waals surface area contributed by atoms with Crippen LogP contribution >= 0.6 is 11.6 Å². The molecule has 1 aromatic carbocycles. The highest BCUT2D eigenvalue weighted by atomic mass is 35.5. The summed E-state index contributed by atoms with van der Waals surface area (Å²) >= 11 is 6.34. The SMILES string of the molecule is CCCNC(C)c1ccc(OCCC2CC2)cc1Cl. The molecule has 0 aliphatic heterocycles. The van der Waals surface area contributed by atoms with Crippen molar-refractivity contribution >= 4 is 11.6 Å². The van der Waals surface area contributed by atoms with Crippen LogP contribution in [0.25, 0.3) is 0 Å². The molecule has 0 heterocycles. The Hall–Kier alpha value is -0.730. The van der Waals surface area contributed by atoms with E-state index in [0.717, 1.165) is 41.8 Å². The van der Waals surface area contributed by atoms with Gasteiger partial charge in [-0.05, 0) is 49.9 Å². The first-order valence-electron chi connectivity index (χ1n) is 7.36. The van der Waals surface area contributed by atoms with Crippen LogP contribution in [0.4, 0.5) is 0 Å². The van der Waals surface area contributed by atoms with E-state index in [1.165, 1.54) is 19.3 Å². The van der Waals surface area contributed by atoms with Gasteiger partial charge in [0.2, 0.25) is 0 Å². The third kappa shape index (κ3) is 4.70. The van der Waals surface area contributed by atoms with E-state index in [2.05, 4.69) is 25.2 Å². The Morgan fingerprint density at radius 2 is 2.21 bits per heavy atom. The van der Waals surface area contributed by atoms with Gasteiger partial charge in [-0.3, -0.25) is 0 Å². The van der Waals surface area contributed by atoms with Crippen molar-refractivity contribution in [3.63, 3.8) is 0 Å². The molecule has 0 aromatic heterocycles. The van der Waals surface area contributed by atoms with Gasteiger partial charge in [0.05, 0.1) is 6.61 Å². The Bertz CT molecular complexity index is 404. The van der Waals surface area contributed by atoms with Gasteiger partial charge >= 0.3 is 0 Å². The third-order valence-corrected chi connectivity index (χ3v) is 3.96. The fourth-order valence-electron chi connectivity index (χ4n) is 2.17. The molecule has 1 aliphatic carbocycles. The molecule has 1 atom stereocenters. The Morgan fingerprint density at radius 3 is 2.84 bits per heavy atom. The summed E-state index contributed by atoms with van der Waals surface area (Å²) in [5.74, 6) is 1.80. The summed E-state index contributed by atoms with van der Waals surface area (Å²) in [6.07, 6.45) is 5.06. The van der Waals surface area contributed by atoms with Gasteiger partial charge in [0.1, 0.15) is 5.75 Å². The van der Waals surface area contributed by atoms with Crippen LogP contribution in [0.2, 0.25) is 5.02 Å². The highest BCUT2D eigenvalue weighted by Gasteiger charge is 2.20. The maximum atomic E-state index is 6.34. The smallest absolute Gasteiger partial charge is 0.120 e. The van der Waals surface area contributed by atoms with Crippen molar-refractivity contribution in [3.05, 3.63) is 28.8 Å². The number of rotatable bonds is 8. The highest BCUT2D eigenvalue weighted by Crippen LogP contribution is 2.33. The monoisotopic (exact) mass is 281 g/mol. The van der Waals surface area contributed by atoms with Crippen molar-refractivity contribution < 1.29 is 4.74 Å². The molecule has 1 N–H and O–H groups in total. The molecule has 2 nitrogen and oxygen atoms in total. The Balaban J connectivity index is 1.87. The zero-order valence-corrected chi connectivity index (χ0v) is 12.7. The normalized spacial score (nSPS) is 16.4. The molecule has 1 unspecified atom stereocenters. The van der Waals surface area contributed by atoms with Gasteiger partial charge in [0.25, 0.3) is 0 Å². The van der Waals surface area contributed by atoms with Crippen molar-refractivity contribution in [2.24, 2.45) is 5.92 Å². The lowest BCUT2D eigenvalue weighted by Crippen LogP contribution is -2.19. The second-order valence-corrected chi connectivity index (χ2v) is 5.85. The average Bonchev–Trinajstić information content (AvgIpc) is 3.20. The molecule has 1 aromatic rings. The largest absolute Gasteiger partial charge is 0.494 e. The van der Waals surface area contributed by atoms with E-state index in [1.54, 1.807) is 0 Å². The molecule has 106 valence electrons. The molecule has 3 heteroatoms. The molecular formula is C16H24ClNO. The van der Waals surface area contributed by atoms with E-state index in [0.29, 0.717) is 0 Å². The summed E-state index contributed by atoms with van der Waals surface area (Å²) in [7, 11) is 0. The van der Waals surface area contributed by atoms with Gasteiger partial charge in [-0.1, -0.05) is 37.4 Å². The van der Waals surface area contributed by atoms with Crippen LogP contribution in [-0.2, 0) is 0 Å². The minimum atomic E-state index is 0.285. The first-order chi connectivity index (χ1) is 9.20. The van der Waals surface area contributed by atoms with Crippen molar-refractivity contribution in [1.82, 2.24) is 5.32 Å². The van der Waals surface area contributed by atoms with Crippen LogP contribution in [0.15, 0.2) is 18.2 Å². The average molecular weight is 282 g/mol. The number of ether oxygens (including phenoxy) is 1. The molecule has 19 heavy (non-hydrogen) atoms. The molecule has 1 fully saturated rings. The Labute approximate surface area is 121 Å². The number of hydrogen-bond acceptors (Lipinski definition) is 2. The van der Waals surface area contributed by atoms with Crippen molar-refractivity contribution in [2.75, 3.05) is 13.2 Å². The highest BCUT2D eigenvalue weighted by molar-refractivity contribution is 6.31. The molecular weight excluding hydrogens is 258 g/mol. The summed E-state index contributed by atoms with van der Waals surface area (Å²) in [6, 6.07) is 6.32. The van der Waals surface area contributed by atoms with Crippen LogP contribution in [0, 0.1) is 5.92 Å². The quantitative estimate of drug-likeness (QED) is 0.753. The van der Waals surface area contributed by atoms with Gasteiger partial charge in [0.15, 0.2) is 0 Å². The van der Waals surface area contributed by atoms with Crippen LogP contribution in [0.5, 0.6) is 5.75 Å². The van der Waals surface area contributed by atoms with E-state index < -0.39 is 0 Å². The first-order valence-corrected chi connectivity index (χ1v) is 7.74. The standard InChI is InChI=1S/C16H24ClNO/c1-3-9-18-12(2)15-7-6-14(11-16(15)17)19-10-8-13-4-5-13/h6-7,11-13,18H,3-5,8-10H2,1-2H3. The van der Waals surface area contributed by atoms with E-state index in [9.17, 15) is 0 Å². The molecule has 0 bridgehead atoms. The first kappa shape index (κ1) is 14.7. The topological polar surface area (TPSA) is 21.3 Å². The minimum Gasteiger partial charge on any atom is -0.494 e. The lowest BCUT2D eigenvalue weighted by atomic mass is 10.1. The van der Waals surface area contributed by atoms with Gasteiger partial charge in [-0.15, -0.1) is 0 Å². The molecule has 0 spiro atoms. The number of halogens is 1. The third-order valence-electron chi connectivity index (χ3n) is 3.63. The zero-order chi connectivity index (χ0) is 13.7. The van der Waals surface area contributed by atoms with Gasteiger partial charge in [0, 0.05) is 11.1 Å². The maximum absolute atomic E-state index is 6.34. The molecule has 2 rings (SSSR count). The van der Waals surface area contributed by atoms with Crippen molar-refractivity contribution in [3.8, 4) is 5.75 Å². The lowest BCUT2D eigenvalue weighted by molar-refractivity contribution is 0.302. The zero-order valence-electron chi connectivity index (χ0n) is 11.9. The van der Waals surface area contributed by atoms with E-state index >= 15 is 0 Å². The van der Waals surface area contributed by atoms with Gasteiger partial charge in [-0.25, -0.2) is 0 Å². The van der Waals surface area contributed by atoms with Crippen LogP contribution < -0.4 is 10.1 Å². The molecule has 0 amide bonds. The van der Waals surface area contributed by atoms with Gasteiger partial charge in [-0.2, -0.15) is 0 Å². The fourth-order valence-corrected chi connectivity index (χ4v) is 2.50. The molecule has 1 aliphatic rings. The van der Waals surface area contributed by atoms with Crippen LogP contribution in [0.1, 0.15) is 51.1 Å². The summed E-state index contributed by atoms with van der Waals surface area (Å²) in [5, 5.41) is 4.24. The summed E-state index contributed by atoms with van der Waals surface area (Å²) in [5.41, 5.74) is 1.14. The van der Waals surface area contributed by atoms with E-state index in [-0.39, 0.29) is 6.04 Å². The van der Waals surface area contributed by atoms with Crippen LogP contribution in [-0.4, -0.2) is 13.2 Å². The maximum Gasteiger partial charge on any atom is 0.120 e. The van der Waals surface area contributed by atoms with E-state index in [1.807, 2.05) is 12.1 Å². The summed E-state index contributed by atoms with van der Waals surface area (Å²) in [6.45, 7) is 6.13.